The molecule has 2 aliphatic heterocycles. The van der Waals surface area contributed by atoms with E-state index in [1.54, 1.807) is 12.1 Å². The van der Waals surface area contributed by atoms with E-state index in [0.29, 0.717) is 0 Å². The molecule has 5 nitrogen and oxygen atoms in total. The van der Waals surface area contributed by atoms with Gasteiger partial charge in [-0.2, -0.15) is 0 Å². The molecule has 27 heavy (non-hydrogen) atoms. The molecular formula is C21H33FN4O. The molecule has 0 saturated carbocycles. The lowest BCUT2D eigenvalue weighted by molar-refractivity contribution is -0.0139. The lowest BCUT2D eigenvalue weighted by Crippen LogP contribution is -2.54. The molecule has 6 heteroatoms. The van der Waals surface area contributed by atoms with Crippen molar-refractivity contribution < 1.29 is 9.13 Å². The minimum atomic E-state index is -0.180. The minimum Gasteiger partial charge on any atom is -0.381 e. The van der Waals surface area contributed by atoms with Gasteiger partial charge in [0.1, 0.15) is 5.82 Å². The first-order chi connectivity index (χ1) is 13.2. The van der Waals surface area contributed by atoms with Crippen LogP contribution < -0.4 is 10.6 Å². The van der Waals surface area contributed by atoms with Crippen LogP contribution in [0.2, 0.25) is 0 Å². The first-order valence-corrected chi connectivity index (χ1v) is 10.3. The second-order valence-electron chi connectivity index (χ2n) is 7.53. The van der Waals surface area contributed by atoms with E-state index < -0.39 is 0 Å². The summed E-state index contributed by atoms with van der Waals surface area (Å²) in [6.07, 6.45) is 5.46. The largest absolute Gasteiger partial charge is 0.381 e. The van der Waals surface area contributed by atoms with Crippen LogP contribution >= 0.6 is 0 Å². The molecule has 0 aromatic heterocycles. The van der Waals surface area contributed by atoms with Gasteiger partial charge in [0.05, 0.1) is 6.54 Å². The maximum atomic E-state index is 13.3. The van der Waals surface area contributed by atoms with Crippen LogP contribution in [0.1, 0.15) is 38.2 Å². The fourth-order valence-corrected chi connectivity index (χ4v) is 4.10. The zero-order chi connectivity index (χ0) is 19.0. The zero-order valence-electron chi connectivity index (χ0n) is 16.5. The topological polar surface area (TPSA) is 48.9 Å². The first kappa shape index (κ1) is 20.1. The van der Waals surface area contributed by atoms with Crippen LogP contribution in [0.5, 0.6) is 0 Å². The number of hydrogen-bond donors (Lipinski definition) is 2. The zero-order valence-corrected chi connectivity index (χ0v) is 16.5. The van der Waals surface area contributed by atoms with Gasteiger partial charge >= 0.3 is 0 Å². The Morgan fingerprint density at radius 2 is 2.00 bits per heavy atom. The summed E-state index contributed by atoms with van der Waals surface area (Å²) in [6, 6.07) is 6.79. The number of aliphatic imine (C=N–C) groups is 1. The van der Waals surface area contributed by atoms with E-state index in [-0.39, 0.29) is 11.4 Å². The average Bonchev–Trinajstić information content (AvgIpc) is 3.22. The summed E-state index contributed by atoms with van der Waals surface area (Å²) in [6.45, 7) is 8.45. The molecule has 0 spiro atoms. The number of halogens is 1. The van der Waals surface area contributed by atoms with E-state index in [9.17, 15) is 4.39 Å². The number of benzene rings is 1. The predicted molar refractivity (Wildman–Crippen MR) is 108 cm³/mol. The van der Waals surface area contributed by atoms with Crippen LogP contribution in [-0.4, -0.2) is 62.3 Å². The van der Waals surface area contributed by atoms with Gasteiger partial charge in [-0.25, -0.2) is 4.39 Å². The summed E-state index contributed by atoms with van der Waals surface area (Å²) >= 11 is 0. The van der Waals surface area contributed by atoms with Crippen LogP contribution in [0.4, 0.5) is 4.39 Å². The molecule has 1 aromatic carbocycles. The van der Waals surface area contributed by atoms with Gasteiger partial charge in [-0.1, -0.05) is 12.1 Å². The molecule has 0 unspecified atom stereocenters. The lowest BCUT2D eigenvalue weighted by atomic mass is 9.88. The van der Waals surface area contributed by atoms with Crippen molar-refractivity contribution in [3.05, 3.63) is 35.6 Å². The Balaban J connectivity index is 1.59. The number of hydrogen-bond acceptors (Lipinski definition) is 3. The molecule has 2 aliphatic rings. The number of nitrogens with zero attached hydrogens (tertiary/aromatic N) is 2. The van der Waals surface area contributed by atoms with Crippen molar-refractivity contribution in [3.8, 4) is 0 Å². The highest BCUT2D eigenvalue weighted by atomic mass is 19.1. The van der Waals surface area contributed by atoms with Crippen molar-refractivity contribution in [3.63, 3.8) is 0 Å². The van der Waals surface area contributed by atoms with Gasteiger partial charge in [-0.05, 0) is 69.8 Å². The number of rotatable bonds is 7. The summed E-state index contributed by atoms with van der Waals surface area (Å²) < 4.78 is 18.9. The normalized spacial score (nSPS) is 20.6. The SMILES string of the molecule is CCNC(=NCC1(N2CCCC2)CCOCC1)NCCc1cccc(F)c1. The molecule has 0 aliphatic carbocycles. The standard InChI is InChI=1S/C21H33FN4O/c1-2-23-20(24-11-8-18-6-5-7-19(22)16-18)25-17-21(9-14-27-15-10-21)26-12-3-4-13-26/h5-7,16H,2-4,8-15,17H2,1H3,(H2,23,24,25). The Morgan fingerprint density at radius 1 is 1.22 bits per heavy atom. The fourth-order valence-electron chi connectivity index (χ4n) is 4.10. The average molecular weight is 377 g/mol. The summed E-state index contributed by atoms with van der Waals surface area (Å²) in [5.74, 6) is 0.666. The van der Waals surface area contributed by atoms with E-state index in [2.05, 4.69) is 22.5 Å². The molecule has 150 valence electrons. The third-order valence-electron chi connectivity index (χ3n) is 5.67. The molecule has 2 N–H and O–H groups in total. The summed E-state index contributed by atoms with van der Waals surface area (Å²) in [7, 11) is 0. The molecule has 2 heterocycles. The van der Waals surface area contributed by atoms with E-state index in [1.165, 1.54) is 32.0 Å². The van der Waals surface area contributed by atoms with Crippen molar-refractivity contribution in [2.45, 2.75) is 44.6 Å². The molecule has 0 radical (unpaired) electrons. The Labute approximate surface area is 162 Å². The molecule has 3 rings (SSSR count). The molecule has 0 bridgehead atoms. The monoisotopic (exact) mass is 376 g/mol. The molecule has 2 fully saturated rings. The number of ether oxygens (including phenoxy) is 1. The predicted octanol–water partition coefficient (Wildman–Crippen LogP) is 2.57. The van der Waals surface area contributed by atoms with Crippen LogP contribution in [0.3, 0.4) is 0 Å². The van der Waals surface area contributed by atoms with Gasteiger partial charge in [0.25, 0.3) is 0 Å². The highest BCUT2D eigenvalue weighted by Gasteiger charge is 2.39. The summed E-state index contributed by atoms with van der Waals surface area (Å²) in [5, 5.41) is 6.75. The second-order valence-corrected chi connectivity index (χ2v) is 7.53. The smallest absolute Gasteiger partial charge is 0.191 e. The van der Waals surface area contributed by atoms with Crippen LogP contribution in [0, 0.1) is 5.82 Å². The molecule has 0 atom stereocenters. The maximum absolute atomic E-state index is 13.3. The fraction of sp³-hybridized carbons (Fsp3) is 0.667. The maximum Gasteiger partial charge on any atom is 0.191 e. The number of guanidine groups is 1. The molecular weight excluding hydrogens is 343 g/mol. The minimum absolute atomic E-state index is 0.139. The van der Waals surface area contributed by atoms with Gasteiger partial charge < -0.3 is 15.4 Å². The highest BCUT2D eigenvalue weighted by molar-refractivity contribution is 5.79. The Kier molecular flexibility index (Phi) is 7.47. The van der Waals surface area contributed by atoms with E-state index in [1.807, 2.05) is 6.07 Å². The second kappa shape index (κ2) is 10.0. The Morgan fingerprint density at radius 3 is 2.70 bits per heavy atom. The van der Waals surface area contributed by atoms with Crippen molar-refractivity contribution in [2.24, 2.45) is 4.99 Å². The highest BCUT2D eigenvalue weighted by Crippen LogP contribution is 2.31. The molecule has 2 saturated heterocycles. The third kappa shape index (κ3) is 5.66. The van der Waals surface area contributed by atoms with Gasteiger partial charge in [-0.3, -0.25) is 9.89 Å². The van der Waals surface area contributed by atoms with Crippen molar-refractivity contribution in [1.82, 2.24) is 15.5 Å². The molecule has 1 aromatic rings. The summed E-state index contributed by atoms with van der Waals surface area (Å²) in [5.41, 5.74) is 1.14. The van der Waals surface area contributed by atoms with E-state index >= 15 is 0 Å². The van der Waals surface area contributed by atoms with Gasteiger partial charge in [-0.15, -0.1) is 0 Å². The van der Waals surface area contributed by atoms with Crippen LogP contribution in [-0.2, 0) is 11.2 Å². The quantitative estimate of drug-likeness (QED) is 0.567. The molecule has 0 amide bonds. The van der Waals surface area contributed by atoms with Crippen molar-refractivity contribution in [1.29, 1.82) is 0 Å². The van der Waals surface area contributed by atoms with Crippen molar-refractivity contribution >= 4 is 5.96 Å². The van der Waals surface area contributed by atoms with Crippen LogP contribution in [0.25, 0.3) is 0 Å². The third-order valence-corrected chi connectivity index (χ3v) is 5.67. The number of nitrogens with one attached hydrogen (secondary N) is 2. The van der Waals surface area contributed by atoms with Crippen LogP contribution in [0.15, 0.2) is 29.3 Å². The summed E-state index contributed by atoms with van der Waals surface area (Å²) in [4.78, 5) is 7.56. The van der Waals surface area contributed by atoms with Gasteiger partial charge in [0.2, 0.25) is 0 Å². The Bertz CT molecular complexity index is 610. The van der Waals surface area contributed by atoms with Crippen molar-refractivity contribution in [2.75, 3.05) is 45.9 Å². The Hall–Kier alpha value is -1.66. The number of likely N-dealkylation sites (tertiary alicyclic amines) is 1. The van der Waals surface area contributed by atoms with Gasteiger partial charge in [0, 0.05) is 31.8 Å². The van der Waals surface area contributed by atoms with E-state index in [4.69, 9.17) is 9.73 Å². The van der Waals surface area contributed by atoms with E-state index in [0.717, 1.165) is 63.6 Å². The lowest BCUT2D eigenvalue weighted by Gasteiger charge is -2.43. The first-order valence-electron chi connectivity index (χ1n) is 10.3. The van der Waals surface area contributed by atoms with Gasteiger partial charge in [0.15, 0.2) is 5.96 Å².